The standard InChI is InChI=1S/C13H17NO2/c1-3-9-14(10-11-16-12(2)15)13-7-5-4-6-8-13/h3-8H,1,9-11H2,2H3. The van der Waals surface area contributed by atoms with Crippen molar-refractivity contribution < 1.29 is 9.53 Å². The molecule has 0 bridgehead atoms. The smallest absolute Gasteiger partial charge is 0.302 e. The van der Waals surface area contributed by atoms with Gasteiger partial charge in [-0.25, -0.2) is 0 Å². The zero-order valence-electron chi connectivity index (χ0n) is 9.56. The van der Waals surface area contributed by atoms with E-state index in [4.69, 9.17) is 4.74 Å². The summed E-state index contributed by atoms with van der Waals surface area (Å²) >= 11 is 0. The van der Waals surface area contributed by atoms with E-state index in [1.165, 1.54) is 6.92 Å². The minimum atomic E-state index is -0.244. The normalized spacial score (nSPS) is 9.56. The molecule has 0 aliphatic rings. The molecule has 3 nitrogen and oxygen atoms in total. The second-order valence-electron chi connectivity index (χ2n) is 3.41. The zero-order valence-corrected chi connectivity index (χ0v) is 9.56. The molecule has 0 aliphatic carbocycles. The maximum Gasteiger partial charge on any atom is 0.302 e. The third kappa shape index (κ3) is 4.17. The van der Waals surface area contributed by atoms with E-state index in [2.05, 4.69) is 11.5 Å². The van der Waals surface area contributed by atoms with Crippen LogP contribution in [0.3, 0.4) is 0 Å². The molecule has 0 atom stereocenters. The quantitative estimate of drug-likeness (QED) is 0.543. The van der Waals surface area contributed by atoms with Crippen LogP contribution in [-0.2, 0) is 9.53 Å². The average Bonchev–Trinajstić information content (AvgIpc) is 2.29. The van der Waals surface area contributed by atoms with Gasteiger partial charge in [0.1, 0.15) is 6.61 Å². The van der Waals surface area contributed by atoms with Crippen molar-refractivity contribution in [3.05, 3.63) is 43.0 Å². The maximum atomic E-state index is 10.7. The van der Waals surface area contributed by atoms with Crippen molar-refractivity contribution in [2.45, 2.75) is 6.92 Å². The number of esters is 1. The molecule has 0 saturated carbocycles. The van der Waals surface area contributed by atoms with Gasteiger partial charge >= 0.3 is 5.97 Å². The Balaban J connectivity index is 2.54. The molecule has 3 heteroatoms. The van der Waals surface area contributed by atoms with Gasteiger partial charge in [0.15, 0.2) is 0 Å². The Morgan fingerprint density at radius 2 is 2.12 bits per heavy atom. The van der Waals surface area contributed by atoms with Gasteiger partial charge in [-0.05, 0) is 12.1 Å². The van der Waals surface area contributed by atoms with Crippen LogP contribution >= 0.6 is 0 Å². The van der Waals surface area contributed by atoms with E-state index < -0.39 is 0 Å². The molecule has 0 spiro atoms. The van der Waals surface area contributed by atoms with Crippen molar-refractivity contribution in [3.63, 3.8) is 0 Å². The van der Waals surface area contributed by atoms with Gasteiger partial charge in [0, 0.05) is 19.2 Å². The second-order valence-corrected chi connectivity index (χ2v) is 3.41. The van der Waals surface area contributed by atoms with Crippen LogP contribution in [0.25, 0.3) is 0 Å². The molecule has 0 saturated heterocycles. The summed E-state index contributed by atoms with van der Waals surface area (Å²) in [6, 6.07) is 9.99. The van der Waals surface area contributed by atoms with E-state index in [0.29, 0.717) is 13.2 Å². The van der Waals surface area contributed by atoms with E-state index in [0.717, 1.165) is 12.2 Å². The summed E-state index contributed by atoms with van der Waals surface area (Å²) in [6.45, 7) is 6.96. The Morgan fingerprint density at radius 3 is 2.69 bits per heavy atom. The number of carbonyl (C=O) groups is 1. The molecule has 0 amide bonds. The summed E-state index contributed by atoms with van der Waals surface area (Å²) in [6.07, 6.45) is 1.83. The van der Waals surface area contributed by atoms with Crippen LogP contribution in [0.5, 0.6) is 0 Å². The monoisotopic (exact) mass is 219 g/mol. The van der Waals surface area contributed by atoms with Gasteiger partial charge in [0.05, 0.1) is 6.54 Å². The van der Waals surface area contributed by atoms with E-state index in [1.807, 2.05) is 36.4 Å². The van der Waals surface area contributed by atoms with Crippen LogP contribution in [0, 0.1) is 0 Å². The first-order valence-corrected chi connectivity index (χ1v) is 5.28. The summed E-state index contributed by atoms with van der Waals surface area (Å²) in [5.41, 5.74) is 1.11. The molecule has 0 radical (unpaired) electrons. The number of anilines is 1. The highest BCUT2D eigenvalue weighted by atomic mass is 16.5. The van der Waals surface area contributed by atoms with Crippen LogP contribution in [0.4, 0.5) is 5.69 Å². The van der Waals surface area contributed by atoms with Crippen molar-refractivity contribution in [2.75, 3.05) is 24.6 Å². The number of para-hydroxylation sites is 1. The first-order valence-electron chi connectivity index (χ1n) is 5.28. The van der Waals surface area contributed by atoms with Crippen LogP contribution in [0.1, 0.15) is 6.92 Å². The molecular weight excluding hydrogens is 202 g/mol. The summed E-state index contributed by atoms with van der Waals surface area (Å²) < 4.78 is 4.93. The lowest BCUT2D eigenvalue weighted by atomic mass is 10.3. The molecular formula is C13H17NO2. The maximum absolute atomic E-state index is 10.7. The molecule has 16 heavy (non-hydrogen) atoms. The Morgan fingerprint density at radius 1 is 1.44 bits per heavy atom. The fraction of sp³-hybridized carbons (Fsp3) is 0.308. The lowest BCUT2D eigenvalue weighted by Gasteiger charge is -2.22. The molecule has 0 heterocycles. The molecule has 0 aromatic heterocycles. The number of nitrogens with zero attached hydrogens (tertiary/aromatic N) is 1. The SMILES string of the molecule is C=CCN(CCOC(C)=O)c1ccccc1. The van der Waals surface area contributed by atoms with Crippen LogP contribution < -0.4 is 4.90 Å². The highest BCUT2D eigenvalue weighted by Crippen LogP contribution is 2.12. The molecule has 0 unspecified atom stereocenters. The molecule has 86 valence electrons. The van der Waals surface area contributed by atoms with Gasteiger partial charge in [-0.2, -0.15) is 0 Å². The highest BCUT2D eigenvalue weighted by molar-refractivity contribution is 5.65. The molecule has 1 aromatic rings. The van der Waals surface area contributed by atoms with E-state index >= 15 is 0 Å². The predicted molar refractivity (Wildman–Crippen MR) is 65.5 cm³/mol. The van der Waals surface area contributed by atoms with Crippen molar-refractivity contribution in [3.8, 4) is 0 Å². The number of hydrogen-bond acceptors (Lipinski definition) is 3. The Kier molecular flexibility index (Phi) is 5.12. The predicted octanol–water partition coefficient (Wildman–Crippen LogP) is 2.24. The Bertz CT molecular complexity index is 335. The summed E-state index contributed by atoms with van der Waals surface area (Å²) in [5.74, 6) is -0.244. The minimum absolute atomic E-state index is 0.244. The molecule has 0 fully saturated rings. The largest absolute Gasteiger partial charge is 0.464 e. The number of rotatable bonds is 6. The fourth-order valence-corrected chi connectivity index (χ4v) is 1.42. The molecule has 1 aromatic carbocycles. The number of carbonyl (C=O) groups excluding carboxylic acids is 1. The Labute approximate surface area is 96.3 Å². The number of benzene rings is 1. The van der Waals surface area contributed by atoms with Gasteiger partial charge in [0.25, 0.3) is 0 Å². The lowest BCUT2D eigenvalue weighted by Crippen LogP contribution is -2.28. The first kappa shape index (κ1) is 12.3. The van der Waals surface area contributed by atoms with Gasteiger partial charge in [-0.1, -0.05) is 24.3 Å². The van der Waals surface area contributed by atoms with Gasteiger partial charge in [-0.3, -0.25) is 4.79 Å². The van der Waals surface area contributed by atoms with E-state index in [-0.39, 0.29) is 5.97 Å². The minimum Gasteiger partial charge on any atom is -0.464 e. The van der Waals surface area contributed by atoms with E-state index in [9.17, 15) is 4.79 Å². The van der Waals surface area contributed by atoms with Gasteiger partial charge in [0.2, 0.25) is 0 Å². The van der Waals surface area contributed by atoms with Crippen LogP contribution in [0.15, 0.2) is 43.0 Å². The van der Waals surface area contributed by atoms with Crippen molar-refractivity contribution in [1.82, 2.24) is 0 Å². The van der Waals surface area contributed by atoms with Gasteiger partial charge < -0.3 is 9.64 Å². The topological polar surface area (TPSA) is 29.5 Å². The zero-order chi connectivity index (χ0) is 11.8. The third-order valence-electron chi connectivity index (χ3n) is 2.14. The summed E-state index contributed by atoms with van der Waals surface area (Å²) in [5, 5.41) is 0. The summed E-state index contributed by atoms with van der Waals surface area (Å²) in [4.78, 5) is 12.8. The molecule has 0 N–H and O–H groups in total. The third-order valence-corrected chi connectivity index (χ3v) is 2.14. The van der Waals surface area contributed by atoms with E-state index in [1.54, 1.807) is 0 Å². The molecule has 0 aliphatic heterocycles. The van der Waals surface area contributed by atoms with Gasteiger partial charge in [-0.15, -0.1) is 6.58 Å². The summed E-state index contributed by atoms with van der Waals surface area (Å²) in [7, 11) is 0. The van der Waals surface area contributed by atoms with Crippen LogP contribution in [0.2, 0.25) is 0 Å². The highest BCUT2D eigenvalue weighted by Gasteiger charge is 2.04. The van der Waals surface area contributed by atoms with Crippen LogP contribution in [-0.4, -0.2) is 25.7 Å². The van der Waals surface area contributed by atoms with Crippen molar-refractivity contribution >= 4 is 11.7 Å². The number of hydrogen-bond donors (Lipinski definition) is 0. The average molecular weight is 219 g/mol. The van der Waals surface area contributed by atoms with Crippen molar-refractivity contribution in [2.24, 2.45) is 0 Å². The fourth-order valence-electron chi connectivity index (χ4n) is 1.42. The number of ether oxygens (including phenoxy) is 1. The first-order chi connectivity index (χ1) is 7.74. The lowest BCUT2D eigenvalue weighted by molar-refractivity contribution is -0.140. The second kappa shape index (κ2) is 6.67. The Hall–Kier alpha value is -1.77. The molecule has 1 rings (SSSR count). The van der Waals surface area contributed by atoms with Crippen molar-refractivity contribution in [1.29, 1.82) is 0 Å².